The van der Waals surface area contributed by atoms with Gasteiger partial charge in [-0.1, -0.05) is 64.3 Å². The summed E-state index contributed by atoms with van der Waals surface area (Å²) in [6.07, 6.45) is 9.20. The molecule has 3 heterocycles. The van der Waals surface area contributed by atoms with Gasteiger partial charge in [0.2, 0.25) is 11.8 Å². The molecular formula is C35H52N6O3S. The lowest BCUT2D eigenvalue weighted by molar-refractivity contribution is -0.142. The fraction of sp³-hybridized carbons (Fsp3) is 0.629. The van der Waals surface area contributed by atoms with Crippen molar-refractivity contribution in [3.8, 4) is 10.4 Å². The first-order valence-electron chi connectivity index (χ1n) is 16.7. The quantitative estimate of drug-likeness (QED) is 0.337. The Morgan fingerprint density at radius 1 is 1.07 bits per heavy atom. The number of benzene rings is 1. The van der Waals surface area contributed by atoms with Crippen LogP contribution in [-0.2, 0) is 14.3 Å². The third-order valence-electron chi connectivity index (χ3n) is 9.63. The second-order valence-corrected chi connectivity index (χ2v) is 14.9. The Hall–Kier alpha value is -2.95. The van der Waals surface area contributed by atoms with Gasteiger partial charge in [0.1, 0.15) is 12.1 Å². The molecule has 1 aliphatic carbocycles. The third kappa shape index (κ3) is 8.45. The fourth-order valence-electron chi connectivity index (χ4n) is 6.88. The van der Waals surface area contributed by atoms with Crippen LogP contribution in [0.15, 0.2) is 41.7 Å². The highest BCUT2D eigenvalue weighted by Crippen LogP contribution is 2.31. The van der Waals surface area contributed by atoms with Crippen molar-refractivity contribution in [1.29, 1.82) is 0 Å². The van der Waals surface area contributed by atoms with Crippen molar-refractivity contribution in [1.82, 2.24) is 25.4 Å². The molecule has 45 heavy (non-hydrogen) atoms. The van der Waals surface area contributed by atoms with Gasteiger partial charge in [0, 0.05) is 38.1 Å². The van der Waals surface area contributed by atoms with E-state index in [4.69, 9.17) is 10.5 Å². The number of ether oxygens (including phenoxy) is 1. The van der Waals surface area contributed by atoms with Crippen LogP contribution in [0.25, 0.3) is 10.4 Å². The molecule has 1 saturated carbocycles. The van der Waals surface area contributed by atoms with Gasteiger partial charge >= 0.3 is 0 Å². The highest BCUT2D eigenvalue weighted by molar-refractivity contribution is 7.13. The van der Waals surface area contributed by atoms with E-state index < -0.39 is 12.1 Å². The van der Waals surface area contributed by atoms with Crippen LogP contribution in [0.3, 0.4) is 0 Å². The smallest absolute Gasteiger partial charge is 0.246 e. The number of nitrogens with zero attached hydrogens (tertiary/aromatic N) is 3. The lowest BCUT2D eigenvalue weighted by atomic mass is 9.85. The topological polar surface area (TPSA) is 113 Å². The number of rotatable bonds is 10. The Balaban J connectivity index is 1.31. The number of nitrogens with one attached hydrogen (secondary N) is 2. The van der Waals surface area contributed by atoms with Gasteiger partial charge in [-0.25, -0.2) is 4.98 Å². The van der Waals surface area contributed by atoms with Crippen molar-refractivity contribution >= 4 is 23.2 Å². The normalized spacial score (nSPS) is 21.8. The number of aryl methyl sites for hydroxylation is 1. The van der Waals surface area contributed by atoms with Gasteiger partial charge < -0.3 is 26.0 Å². The number of hydrogen-bond donors (Lipinski definition) is 3. The van der Waals surface area contributed by atoms with E-state index in [1.54, 1.807) is 16.2 Å². The van der Waals surface area contributed by atoms with Gasteiger partial charge in [0.15, 0.2) is 0 Å². The van der Waals surface area contributed by atoms with Gasteiger partial charge in [-0.15, -0.1) is 11.3 Å². The number of carbonyl (C=O) groups excluding carboxylic acids is 2. The van der Waals surface area contributed by atoms with Crippen LogP contribution in [0.4, 0.5) is 0 Å². The van der Waals surface area contributed by atoms with E-state index in [0.717, 1.165) is 59.7 Å². The van der Waals surface area contributed by atoms with Crippen molar-refractivity contribution < 1.29 is 14.3 Å². The minimum atomic E-state index is -0.505. The van der Waals surface area contributed by atoms with Gasteiger partial charge in [-0.05, 0) is 55.1 Å². The molecule has 0 bridgehead atoms. The average molecular weight is 637 g/mol. The van der Waals surface area contributed by atoms with E-state index in [1.165, 1.54) is 19.3 Å². The Morgan fingerprint density at radius 3 is 2.42 bits per heavy atom. The van der Waals surface area contributed by atoms with Crippen LogP contribution in [-0.4, -0.2) is 78.1 Å². The molecule has 5 rings (SSSR count). The summed E-state index contributed by atoms with van der Waals surface area (Å²) in [5.74, 6) is 0.240. The molecule has 4 N–H and O–H groups in total. The molecule has 9 nitrogen and oxygen atoms in total. The zero-order valence-corrected chi connectivity index (χ0v) is 28.3. The monoisotopic (exact) mass is 636 g/mol. The predicted molar refractivity (Wildman–Crippen MR) is 180 cm³/mol. The molecule has 1 aromatic carbocycles. The van der Waals surface area contributed by atoms with Gasteiger partial charge in [0.05, 0.1) is 35.3 Å². The zero-order chi connectivity index (χ0) is 32.0. The summed E-state index contributed by atoms with van der Waals surface area (Å²) < 4.78 is 5.58. The molecule has 0 radical (unpaired) electrons. The molecular weight excluding hydrogens is 584 g/mol. The van der Waals surface area contributed by atoms with Crippen LogP contribution in [0.1, 0.15) is 83.0 Å². The van der Waals surface area contributed by atoms with E-state index in [-0.39, 0.29) is 23.3 Å². The second-order valence-electron chi connectivity index (χ2n) is 14.0. The summed E-state index contributed by atoms with van der Waals surface area (Å²) in [5.41, 5.74) is 12.0. The van der Waals surface area contributed by atoms with E-state index in [1.807, 2.05) is 18.6 Å². The first-order valence-corrected chi connectivity index (χ1v) is 17.6. The maximum atomic E-state index is 14.1. The fourth-order valence-corrected chi connectivity index (χ4v) is 7.70. The largest absolute Gasteiger partial charge is 0.401 e. The van der Waals surface area contributed by atoms with Crippen LogP contribution in [0.5, 0.6) is 0 Å². The number of carbonyl (C=O) groups is 2. The molecule has 2 saturated heterocycles. The molecule has 246 valence electrons. The van der Waals surface area contributed by atoms with E-state index >= 15 is 0 Å². The lowest BCUT2D eigenvalue weighted by Gasteiger charge is -2.36. The molecule has 3 atom stereocenters. The number of thiazole rings is 1. The second kappa shape index (κ2) is 15.1. The standard InChI is InChI=1S/C35H52N6O3S/c1-24-31(45-23-38-24)27-14-12-26(13-15-27)29(22-40-17-19-44-20-18-40)39-33(42)30-11-8-16-41(30)34(43)32(35(2,3)4)37-21-28(36)25-9-6-5-7-10-25/h12-15,21,23,25,29-30,32,37H,5-11,16-20,22,36H2,1-4H3,(H,39,42)/b28-21-. The Kier molecular flexibility index (Phi) is 11.2. The van der Waals surface area contributed by atoms with Crippen LogP contribution >= 0.6 is 11.3 Å². The van der Waals surface area contributed by atoms with E-state index in [9.17, 15) is 9.59 Å². The van der Waals surface area contributed by atoms with Crippen molar-refractivity contribution in [2.24, 2.45) is 17.1 Å². The summed E-state index contributed by atoms with van der Waals surface area (Å²) >= 11 is 1.64. The lowest BCUT2D eigenvalue weighted by Crippen LogP contribution is -2.56. The number of likely N-dealkylation sites (tertiary alicyclic amines) is 1. The number of allylic oxidation sites excluding steroid dienone is 1. The van der Waals surface area contributed by atoms with Crippen LogP contribution in [0.2, 0.25) is 0 Å². The number of morpholine rings is 1. The van der Waals surface area contributed by atoms with Crippen LogP contribution in [0, 0.1) is 18.3 Å². The Bertz CT molecular complexity index is 1310. The van der Waals surface area contributed by atoms with E-state index in [0.29, 0.717) is 38.6 Å². The summed E-state index contributed by atoms with van der Waals surface area (Å²) in [7, 11) is 0. The zero-order valence-electron chi connectivity index (χ0n) is 27.5. The predicted octanol–water partition coefficient (Wildman–Crippen LogP) is 4.98. The number of aromatic nitrogens is 1. The van der Waals surface area contributed by atoms with Gasteiger partial charge in [0.25, 0.3) is 0 Å². The molecule has 3 fully saturated rings. The molecule has 0 spiro atoms. The number of amides is 2. The molecule has 1 aromatic heterocycles. The summed E-state index contributed by atoms with van der Waals surface area (Å²) in [5, 5.41) is 6.77. The third-order valence-corrected chi connectivity index (χ3v) is 10.6. The molecule has 10 heteroatoms. The minimum absolute atomic E-state index is 0.0400. The summed E-state index contributed by atoms with van der Waals surface area (Å²) in [4.78, 5) is 37.9. The molecule has 3 unspecified atom stereocenters. The molecule has 2 aromatic rings. The SMILES string of the molecule is Cc1ncsc1-c1ccc(C(CN2CCOCC2)NC(=O)C2CCCN2C(=O)C(N/C=C(\N)C2CCCCC2)C(C)(C)C)cc1. The van der Waals surface area contributed by atoms with Crippen LogP contribution < -0.4 is 16.4 Å². The number of hydrogen-bond acceptors (Lipinski definition) is 8. The maximum absolute atomic E-state index is 14.1. The van der Waals surface area contributed by atoms with Crippen molar-refractivity contribution in [2.75, 3.05) is 39.4 Å². The maximum Gasteiger partial charge on any atom is 0.246 e. The first kappa shape index (κ1) is 33.4. The van der Waals surface area contributed by atoms with Crippen molar-refractivity contribution in [3.63, 3.8) is 0 Å². The molecule has 2 aliphatic heterocycles. The van der Waals surface area contributed by atoms with Crippen molar-refractivity contribution in [2.45, 2.75) is 90.8 Å². The molecule has 3 aliphatic rings. The Morgan fingerprint density at radius 2 is 1.78 bits per heavy atom. The van der Waals surface area contributed by atoms with E-state index in [2.05, 4.69) is 65.6 Å². The minimum Gasteiger partial charge on any atom is -0.401 e. The van der Waals surface area contributed by atoms with Gasteiger partial charge in [-0.3, -0.25) is 14.5 Å². The van der Waals surface area contributed by atoms with Gasteiger partial charge in [-0.2, -0.15) is 0 Å². The summed E-state index contributed by atoms with van der Waals surface area (Å²) in [6.45, 7) is 12.5. The Labute approximate surface area is 273 Å². The highest BCUT2D eigenvalue weighted by Gasteiger charge is 2.41. The highest BCUT2D eigenvalue weighted by atomic mass is 32.1. The molecule has 2 amide bonds. The van der Waals surface area contributed by atoms with Crippen molar-refractivity contribution in [3.05, 3.63) is 52.9 Å². The first-order chi connectivity index (χ1) is 21.6. The summed E-state index contributed by atoms with van der Waals surface area (Å²) in [6, 6.07) is 7.26. The number of nitrogens with two attached hydrogens (primary N) is 1. The average Bonchev–Trinajstić information content (AvgIpc) is 3.70.